The predicted octanol–water partition coefficient (Wildman–Crippen LogP) is 3.37. The fourth-order valence-corrected chi connectivity index (χ4v) is 3.75. The van der Waals surface area contributed by atoms with E-state index >= 15 is 0 Å². The fraction of sp³-hybridized carbons (Fsp3) is 0.158. The Bertz CT molecular complexity index is 1210. The molecule has 0 bridgehead atoms. The minimum absolute atomic E-state index is 0.158. The molecule has 4 rings (SSSR count). The molecule has 27 heavy (non-hydrogen) atoms. The number of para-hydroxylation sites is 2. The van der Waals surface area contributed by atoms with Gasteiger partial charge in [0.25, 0.3) is 0 Å². The van der Waals surface area contributed by atoms with Gasteiger partial charge in [0.05, 0.1) is 5.52 Å². The van der Waals surface area contributed by atoms with Crippen LogP contribution in [0.1, 0.15) is 11.1 Å². The molecule has 0 aliphatic heterocycles. The monoisotopic (exact) mass is 380 g/mol. The van der Waals surface area contributed by atoms with Crippen LogP contribution >= 0.6 is 11.3 Å². The van der Waals surface area contributed by atoms with Crippen molar-refractivity contribution in [3.63, 3.8) is 0 Å². The molecule has 7 nitrogen and oxygen atoms in total. The number of carbonyl (C=O) groups excluding carboxylic acids is 1. The van der Waals surface area contributed by atoms with Gasteiger partial charge in [-0.25, -0.2) is 4.79 Å². The molecule has 2 heterocycles. The number of oxazole rings is 1. The normalized spacial score (nSPS) is 11.0. The topological polar surface area (TPSA) is 90.0 Å². The molecule has 0 atom stereocenters. The molecule has 0 unspecified atom stereocenters. The number of fused-ring (bicyclic) bond motifs is 1. The van der Waals surface area contributed by atoms with Crippen molar-refractivity contribution in [1.29, 1.82) is 0 Å². The number of rotatable bonds is 4. The summed E-state index contributed by atoms with van der Waals surface area (Å²) < 4.78 is 6.43. The maximum Gasteiger partial charge on any atom is 0.420 e. The Morgan fingerprint density at radius 2 is 2.00 bits per heavy atom. The zero-order valence-corrected chi connectivity index (χ0v) is 15.5. The van der Waals surface area contributed by atoms with Crippen LogP contribution in [-0.4, -0.2) is 20.7 Å². The molecule has 1 N–H and O–H groups in total. The van der Waals surface area contributed by atoms with Crippen molar-refractivity contribution in [2.24, 2.45) is 0 Å². The van der Waals surface area contributed by atoms with Crippen molar-refractivity contribution >= 4 is 33.5 Å². The summed E-state index contributed by atoms with van der Waals surface area (Å²) in [7, 11) is 0. The number of aryl methyl sites for hydroxylation is 2. The molecule has 2 aromatic carbocycles. The first-order chi connectivity index (χ1) is 13.0. The summed E-state index contributed by atoms with van der Waals surface area (Å²) in [5.74, 6) is -0.938. The van der Waals surface area contributed by atoms with Gasteiger partial charge in [-0.2, -0.15) is 0 Å². The predicted molar refractivity (Wildman–Crippen MR) is 104 cm³/mol. The van der Waals surface area contributed by atoms with Crippen LogP contribution < -0.4 is 11.1 Å². The number of benzene rings is 2. The summed E-state index contributed by atoms with van der Waals surface area (Å²) in [6.07, 6.45) is 0. The van der Waals surface area contributed by atoms with Crippen LogP contribution in [0.25, 0.3) is 21.7 Å². The Labute approximate surface area is 158 Å². The Morgan fingerprint density at radius 3 is 2.81 bits per heavy atom. The lowest BCUT2D eigenvalue weighted by molar-refractivity contribution is -0.116. The van der Waals surface area contributed by atoms with Crippen LogP contribution in [0.15, 0.2) is 51.7 Å². The second-order valence-corrected chi connectivity index (χ2v) is 7.18. The van der Waals surface area contributed by atoms with Crippen molar-refractivity contribution < 1.29 is 9.21 Å². The number of hydrogen-bond acceptors (Lipinski definition) is 6. The smallest absolute Gasteiger partial charge is 0.408 e. The molecule has 0 aliphatic rings. The number of hydrogen-bond donors (Lipinski definition) is 1. The molecule has 0 fully saturated rings. The first kappa shape index (κ1) is 17.2. The third-order valence-corrected chi connectivity index (χ3v) is 5.03. The van der Waals surface area contributed by atoms with E-state index < -0.39 is 5.76 Å². The van der Waals surface area contributed by atoms with Gasteiger partial charge < -0.3 is 4.42 Å². The van der Waals surface area contributed by atoms with E-state index in [4.69, 9.17) is 4.42 Å². The number of aromatic nitrogens is 3. The molecular formula is C19H16N4O3S. The Morgan fingerprint density at radius 1 is 1.19 bits per heavy atom. The average Bonchev–Trinajstić information content (AvgIpc) is 3.20. The van der Waals surface area contributed by atoms with Gasteiger partial charge in [-0.3, -0.25) is 14.7 Å². The van der Waals surface area contributed by atoms with Gasteiger partial charge in [0.2, 0.25) is 11.0 Å². The van der Waals surface area contributed by atoms with Crippen LogP contribution in [0.3, 0.4) is 0 Å². The van der Waals surface area contributed by atoms with E-state index in [9.17, 15) is 9.59 Å². The zero-order valence-electron chi connectivity index (χ0n) is 14.7. The van der Waals surface area contributed by atoms with E-state index in [0.717, 1.165) is 16.1 Å². The minimum Gasteiger partial charge on any atom is -0.408 e. The standard InChI is InChI=1S/C19H16N4O3S/c1-11-7-8-13(12(2)9-11)17-21-22-18(27-17)20-16(24)10-23-14-5-3-4-6-15(14)26-19(23)25/h3-9H,10H2,1-2H3,(H,20,22,24). The van der Waals surface area contributed by atoms with E-state index in [1.165, 1.54) is 21.5 Å². The van der Waals surface area contributed by atoms with Gasteiger partial charge in [-0.05, 0) is 31.5 Å². The molecule has 0 spiro atoms. The minimum atomic E-state index is -0.570. The van der Waals surface area contributed by atoms with E-state index in [-0.39, 0.29) is 12.5 Å². The van der Waals surface area contributed by atoms with E-state index in [1.807, 2.05) is 26.0 Å². The highest BCUT2D eigenvalue weighted by Crippen LogP contribution is 2.29. The van der Waals surface area contributed by atoms with E-state index in [0.29, 0.717) is 16.2 Å². The van der Waals surface area contributed by atoms with Crippen LogP contribution in [0, 0.1) is 13.8 Å². The van der Waals surface area contributed by atoms with Gasteiger partial charge in [-0.1, -0.05) is 47.2 Å². The zero-order chi connectivity index (χ0) is 19.0. The lowest BCUT2D eigenvalue weighted by Crippen LogP contribution is -2.24. The highest BCUT2D eigenvalue weighted by atomic mass is 32.1. The Hall–Kier alpha value is -3.26. The maximum atomic E-state index is 12.4. The van der Waals surface area contributed by atoms with Crippen LogP contribution in [0.5, 0.6) is 0 Å². The fourth-order valence-electron chi connectivity index (χ4n) is 2.90. The van der Waals surface area contributed by atoms with Gasteiger partial charge in [-0.15, -0.1) is 10.2 Å². The Balaban J connectivity index is 1.53. The second-order valence-electron chi connectivity index (χ2n) is 6.20. The third-order valence-electron chi connectivity index (χ3n) is 4.16. The molecule has 136 valence electrons. The number of anilines is 1. The highest BCUT2D eigenvalue weighted by molar-refractivity contribution is 7.18. The SMILES string of the molecule is Cc1ccc(-c2nnc(NC(=O)Cn3c(=O)oc4ccccc43)s2)c(C)c1. The molecule has 0 saturated heterocycles. The molecule has 0 saturated carbocycles. The quantitative estimate of drug-likeness (QED) is 0.586. The largest absolute Gasteiger partial charge is 0.420 e. The lowest BCUT2D eigenvalue weighted by Gasteiger charge is -2.03. The summed E-state index contributed by atoms with van der Waals surface area (Å²) >= 11 is 1.29. The molecule has 4 aromatic rings. The second kappa shape index (κ2) is 6.81. The molecular weight excluding hydrogens is 364 g/mol. The average molecular weight is 380 g/mol. The van der Waals surface area contributed by atoms with Gasteiger partial charge in [0.15, 0.2) is 5.58 Å². The highest BCUT2D eigenvalue weighted by Gasteiger charge is 2.15. The maximum absolute atomic E-state index is 12.4. The summed E-state index contributed by atoms with van der Waals surface area (Å²) in [6.45, 7) is 3.89. The van der Waals surface area contributed by atoms with Gasteiger partial charge in [0.1, 0.15) is 11.6 Å². The summed E-state index contributed by atoms with van der Waals surface area (Å²) in [5, 5.41) is 12.0. The van der Waals surface area contributed by atoms with E-state index in [1.54, 1.807) is 24.3 Å². The molecule has 0 aliphatic carbocycles. The molecule has 2 aromatic heterocycles. The summed E-state index contributed by atoms with van der Waals surface area (Å²) in [6, 6.07) is 13.1. The number of carbonyl (C=O) groups is 1. The van der Waals surface area contributed by atoms with Crippen molar-refractivity contribution in [3.8, 4) is 10.6 Å². The van der Waals surface area contributed by atoms with Crippen molar-refractivity contribution in [2.75, 3.05) is 5.32 Å². The summed E-state index contributed by atoms with van der Waals surface area (Å²) in [4.78, 5) is 24.3. The molecule has 8 heteroatoms. The van der Waals surface area contributed by atoms with Crippen LogP contribution in [0.2, 0.25) is 0 Å². The number of nitrogens with zero attached hydrogens (tertiary/aromatic N) is 3. The lowest BCUT2D eigenvalue weighted by atomic mass is 10.1. The van der Waals surface area contributed by atoms with Crippen molar-refractivity contribution in [1.82, 2.24) is 14.8 Å². The third kappa shape index (κ3) is 3.39. The molecule has 1 amide bonds. The number of nitrogens with one attached hydrogen (secondary N) is 1. The van der Waals surface area contributed by atoms with Gasteiger partial charge >= 0.3 is 5.76 Å². The van der Waals surface area contributed by atoms with Crippen molar-refractivity contribution in [2.45, 2.75) is 20.4 Å². The first-order valence-corrected chi connectivity index (χ1v) is 9.12. The van der Waals surface area contributed by atoms with Crippen molar-refractivity contribution in [3.05, 3.63) is 64.1 Å². The van der Waals surface area contributed by atoms with Gasteiger partial charge in [0, 0.05) is 5.56 Å². The van der Waals surface area contributed by atoms with Crippen LogP contribution in [-0.2, 0) is 11.3 Å². The first-order valence-electron chi connectivity index (χ1n) is 8.30. The van der Waals surface area contributed by atoms with E-state index in [2.05, 4.69) is 21.6 Å². The van der Waals surface area contributed by atoms with Crippen LogP contribution in [0.4, 0.5) is 5.13 Å². The number of amides is 1. The summed E-state index contributed by atoms with van der Waals surface area (Å²) in [5.41, 5.74) is 4.28. The molecule has 0 radical (unpaired) electrons. The Kier molecular flexibility index (Phi) is 4.33.